The first-order chi connectivity index (χ1) is 7.09. The summed E-state index contributed by atoms with van der Waals surface area (Å²) in [5, 5.41) is 11.6. The van der Waals surface area contributed by atoms with Gasteiger partial charge in [0.2, 0.25) is 5.91 Å². The van der Waals surface area contributed by atoms with Crippen LogP contribution in [0.1, 0.15) is 12.5 Å². The number of aliphatic hydroxyl groups is 1. The second kappa shape index (κ2) is 5.36. The highest BCUT2D eigenvalue weighted by atomic mass is 16.3. The van der Waals surface area contributed by atoms with Gasteiger partial charge in [0, 0.05) is 12.2 Å². The molecule has 4 N–H and O–H groups in total. The Morgan fingerprint density at radius 1 is 1.53 bits per heavy atom. The van der Waals surface area contributed by atoms with E-state index in [0.29, 0.717) is 5.69 Å². The van der Waals surface area contributed by atoms with E-state index in [1.807, 2.05) is 18.2 Å². The lowest BCUT2D eigenvalue weighted by Crippen LogP contribution is -2.31. The van der Waals surface area contributed by atoms with Gasteiger partial charge >= 0.3 is 0 Å². The predicted molar refractivity (Wildman–Crippen MR) is 59.2 cm³/mol. The number of carbonyl (C=O) groups excluding carboxylic acids is 1. The van der Waals surface area contributed by atoms with Crippen LogP contribution in [-0.4, -0.2) is 23.7 Å². The van der Waals surface area contributed by atoms with Crippen molar-refractivity contribution in [2.24, 2.45) is 0 Å². The molecule has 0 spiro atoms. The molecule has 1 rings (SSSR count). The lowest BCUT2D eigenvalue weighted by Gasteiger charge is -2.08. The maximum Gasteiger partial charge on any atom is 0.224 e. The van der Waals surface area contributed by atoms with Crippen LogP contribution < -0.4 is 11.1 Å². The Balaban J connectivity index is 2.48. The summed E-state index contributed by atoms with van der Waals surface area (Å²) in [7, 11) is 0. The second-order valence-corrected chi connectivity index (χ2v) is 3.53. The molecular weight excluding hydrogens is 192 g/mol. The van der Waals surface area contributed by atoms with Crippen molar-refractivity contribution in [2.45, 2.75) is 19.4 Å². The van der Waals surface area contributed by atoms with Crippen molar-refractivity contribution < 1.29 is 9.90 Å². The Hall–Kier alpha value is -1.55. The maximum atomic E-state index is 11.4. The SMILES string of the molecule is CC(O)CNC(=O)Cc1ccccc1N. The first-order valence-corrected chi connectivity index (χ1v) is 4.87. The fourth-order valence-corrected chi connectivity index (χ4v) is 1.19. The van der Waals surface area contributed by atoms with E-state index in [-0.39, 0.29) is 18.9 Å². The van der Waals surface area contributed by atoms with Gasteiger partial charge < -0.3 is 16.2 Å². The molecule has 0 saturated carbocycles. The molecule has 1 atom stereocenters. The molecule has 1 aromatic carbocycles. The van der Waals surface area contributed by atoms with Crippen molar-refractivity contribution in [3.63, 3.8) is 0 Å². The fourth-order valence-electron chi connectivity index (χ4n) is 1.19. The summed E-state index contributed by atoms with van der Waals surface area (Å²) in [5.41, 5.74) is 7.12. The molecule has 0 heterocycles. The quantitative estimate of drug-likeness (QED) is 0.623. The van der Waals surface area contributed by atoms with Gasteiger partial charge in [-0.3, -0.25) is 4.79 Å². The highest BCUT2D eigenvalue weighted by Crippen LogP contribution is 2.10. The van der Waals surface area contributed by atoms with E-state index in [2.05, 4.69) is 5.32 Å². The van der Waals surface area contributed by atoms with E-state index >= 15 is 0 Å². The van der Waals surface area contributed by atoms with Crippen LogP contribution >= 0.6 is 0 Å². The van der Waals surface area contributed by atoms with E-state index in [1.54, 1.807) is 13.0 Å². The largest absolute Gasteiger partial charge is 0.398 e. The molecule has 1 unspecified atom stereocenters. The highest BCUT2D eigenvalue weighted by molar-refractivity contribution is 5.80. The van der Waals surface area contributed by atoms with Crippen molar-refractivity contribution in [1.82, 2.24) is 5.32 Å². The Labute approximate surface area is 89.1 Å². The molecule has 1 amide bonds. The molecule has 1 aromatic rings. The zero-order chi connectivity index (χ0) is 11.3. The van der Waals surface area contributed by atoms with Crippen LogP contribution in [0.3, 0.4) is 0 Å². The van der Waals surface area contributed by atoms with Crippen molar-refractivity contribution in [2.75, 3.05) is 12.3 Å². The number of hydrogen-bond donors (Lipinski definition) is 3. The molecular formula is C11H16N2O2. The summed E-state index contributed by atoms with van der Waals surface area (Å²) < 4.78 is 0. The molecule has 0 fully saturated rings. The summed E-state index contributed by atoms with van der Waals surface area (Å²) in [6.07, 6.45) is -0.276. The summed E-state index contributed by atoms with van der Waals surface area (Å²) in [6.45, 7) is 1.89. The number of aliphatic hydroxyl groups excluding tert-OH is 1. The van der Waals surface area contributed by atoms with Gasteiger partial charge in [0.1, 0.15) is 0 Å². The van der Waals surface area contributed by atoms with E-state index in [9.17, 15) is 4.79 Å². The third kappa shape index (κ3) is 3.99. The van der Waals surface area contributed by atoms with Gasteiger partial charge in [-0.05, 0) is 18.6 Å². The zero-order valence-electron chi connectivity index (χ0n) is 8.73. The fraction of sp³-hybridized carbons (Fsp3) is 0.364. The van der Waals surface area contributed by atoms with Crippen LogP contribution in [0.2, 0.25) is 0 Å². The maximum absolute atomic E-state index is 11.4. The predicted octanol–water partition coefficient (Wildman–Crippen LogP) is 0.308. The number of rotatable bonds is 4. The van der Waals surface area contributed by atoms with Gasteiger partial charge in [-0.2, -0.15) is 0 Å². The average Bonchev–Trinajstić information content (AvgIpc) is 2.18. The molecule has 4 nitrogen and oxygen atoms in total. The second-order valence-electron chi connectivity index (χ2n) is 3.53. The lowest BCUT2D eigenvalue weighted by atomic mass is 10.1. The molecule has 0 saturated heterocycles. The van der Waals surface area contributed by atoms with Crippen molar-refractivity contribution in [3.05, 3.63) is 29.8 Å². The van der Waals surface area contributed by atoms with Gasteiger partial charge in [-0.15, -0.1) is 0 Å². The van der Waals surface area contributed by atoms with Crippen LogP contribution in [0.15, 0.2) is 24.3 Å². The molecule has 0 aliphatic carbocycles. The number of nitrogen functional groups attached to an aromatic ring is 1. The number of hydrogen-bond acceptors (Lipinski definition) is 3. The number of anilines is 1. The molecule has 4 heteroatoms. The van der Waals surface area contributed by atoms with Crippen LogP contribution in [0, 0.1) is 0 Å². The minimum atomic E-state index is -0.526. The first kappa shape index (κ1) is 11.5. The van der Waals surface area contributed by atoms with Gasteiger partial charge in [-0.1, -0.05) is 18.2 Å². The van der Waals surface area contributed by atoms with Crippen molar-refractivity contribution in [3.8, 4) is 0 Å². The third-order valence-corrected chi connectivity index (χ3v) is 2.00. The molecule has 15 heavy (non-hydrogen) atoms. The van der Waals surface area contributed by atoms with Gasteiger partial charge in [-0.25, -0.2) is 0 Å². The van der Waals surface area contributed by atoms with E-state index in [4.69, 9.17) is 10.8 Å². The van der Waals surface area contributed by atoms with E-state index in [1.165, 1.54) is 0 Å². The zero-order valence-corrected chi connectivity index (χ0v) is 8.73. The van der Waals surface area contributed by atoms with Crippen LogP contribution in [0.25, 0.3) is 0 Å². The van der Waals surface area contributed by atoms with Crippen LogP contribution in [0.4, 0.5) is 5.69 Å². The molecule has 0 aliphatic rings. The number of nitrogens with one attached hydrogen (secondary N) is 1. The Morgan fingerprint density at radius 2 is 2.20 bits per heavy atom. The molecule has 0 radical (unpaired) electrons. The van der Waals surface area contributed by atoms with E-state index < -0.39 is 6.10 Å². The van der Waals surface area contributed by atoms with Crippen LogP contribution in [0.5, 0.6) is 0 Å². The number of para-hydroxylation sites is 1. The monoisotopic (exact) mass is 208 g/mol. The van der Waals surface area contributed by atoms with E-state index in [0.717, 1.165) is 5.56 Å². The minimum Gasteiger partial charge on any atom is -0.398 e. The molecule has 0 aromatic heterocycles. The van der Waals surface area contributed by atoms with Gasteiger partial charge in [0.15, 0.2) is 0 Å². The molecule has 82 valence electrons. The van der Waals surface area contributed by atoms with Crippen molar-refractivity contribution >= 4 is 11.6 Å². The van der Waals surface area contributed by atoms with Gasteiger partial charge in [0.05, 0.1) is 12.5 Å². The highest BCUT2D eigenvalue weighted by Gasteiger charge is 2.06. The number of benzene rings is 1. The standard InChI is InChI=1S/C11H16N2O2/c1-8(14)7-13-11(15)6-9-4-2-3-5-10(9)12/h2-5,8,14H,6-7,12H2,1H3,(H,13,15). The summed E-state index contributed by atoms with van der Waals surface area (Å²) in [4.78, 5) is 11.4. The Kier molecular flexibility index (Phi) is 4.12. The third-order valence-electron chi connectivity index (χ3n) is 2.00. The van der Waals surface area contributed by atoms with Gasteiger partial charge in [0.25, 0.3) is 0 Å². The Morgan fingerprint density at radius 3 is 2.80 bits per heavy atom. The van der Waals surface area contributed by atoms with Crippen LogP contribution in [-0.2, 0) is 11.2 Å². The number of nitrogens with two attached hydrogens (primary N) is 1. The lowest BCUT2D eigenvalue weighted by molar-refractivity contribution is -0.120. The minimum absolute atomic E-state index is 0.131. The summed E-state index contributed by atoms with van der Waals surface area (Å²) >= 11 is 0. The molecule has 0 bridgehead atoms. The summed E-state index contributed by atoms with van der Waals surface area (Å²) in [5.74, 6) is -0.131. The average molecular weight is 208 g/mol. The number of carbonyl (C=O) groups is 1. The normalized spacial score (nSPS) is 12.1. The first-order valence-electron chi connectivity index (χ1n) is 4.87. The number of amides is 1. The topological polar surface area (TPSA) is 75.3 Å². The smallest absolute Gasteiger partial charge is 0.224 e. The Bertz CT molecular complexity index is 337. The summed E-state index contributed by atoms with van der Waals surface area (Å²) in [6, 6.07) is 7.24. The molecule has 0 aliphatic heterocycles. The van der Waals surface area contributed by atoms with Crippen molar-refractivity contribution in [1.29, 1.82) is 0 Å².